The first-order chi connectivity index (χ1) is 10.1. The van der Waals surface area contributed by atoms with Gasteiger partial charge in [0.25, 0.3) is 0 Å². The zero-order valence-corrected chi connectivity index (χ0v) is 13.1. The Morgan fingerprint density at radius 3 is 2.81 bits per heavy atom. The highest BCUT2D eigenvalue weighted by atomic mass is 16.5. The molecule has 1 aromatic rings. The number of hydrogen-bond acceptors (Lipinski definition) is 5. The van der Waals surface area contributed by atoms with Crippen LogP contribution in [-0.2, 0) is 4.74 Å². The number of aromatic nitrogens is 2. The van der Waals surface area contributed by atoms with Gasteiger partial charge >= 0.3 is 0 Å². The monoisotopic (exact) mass is 290 g/mol. The van der Waals surface area contributed by atoms with Crippen molar-refractivity contribution in [3.05, 3.63) is 23.0 Å². The van der Waals surface area contributed by atoms with Gasteiger partial charge in [0.2, 0.25) is 0 Å². The highest BCUT2D eigenvalue weighted by Crippen LogP contribution is 2.45. The van der Waals surface area contributed by atoms with Gasteiger partial charge in [-0.25, -0.2) is 0 Å². The van der Waals surface area contributed by atoms with Crippen LogP contribution in [0.15, 0.2) is 6.07 Å². The van der Waals surface area contributed by atoms with Gasteiger partial charge in [0.15, 0.2) is 0 Å². The average Bonchev–Trinajstić information content (AvgIpc) is 2.91. The highest BCUT2D eigenvalue weighted by molar-refractivity contribution is 5.24. The maximum absolute atomic E-state index is 6.14. The lowest BCUT2D eigenvalue weighted by Gasteiger charge is -2.41. The van der Waals surface area contributed by atoms with Crippen LogP contribution in [0.25, 0.3) is 0 Å². The molecule has 2 heterocycles. The van der Waals surface area contributed by atoms with Crippen LogP contribution in [-0.4, -0.2) is 22.4 Å². The minimum absolute atomic E-state index is 0.113. The summed E-state index contributed by atoms with van der Waals surface area (Å²) >= 11 is 0. The van der Waals surface area contributed by atoms with Gasteiger partial charge in [-0.3, -0.25) is 11.3 Å². The molecule has 5 heteroatoms. The molecule has 116 valence electrons. The number of hydrogen-bond donors (Lipinski definition) is 2. The van der Waals surface area contributed by atoms with Gasteiger partial charge in [-0.15, -0.1) is 0 Å². The Bertz CT molecular complexity index is 499. The van der Waals surface area contributed by atoms with Gasteiger partial charge in [-0.05, 0) is 57.1 Å². The van der Waals surface area contributed by atoms with Gasteiger partial charge in [-0.2, -0.15) is 10.2 Å². The van der Waals surface area contributed by atoms with E-state index in [0.717, 1.165) is 30.8 Å². The van der Waals surface area contributed by atoms with Crippen LogP contribution < -0.4 is 11.3 Å². The Morgan fingerprint density at radius 1 is 1.33 bits per heavy atom. The number of nitrogens with two attached hydrogens (primary N) is 1. The molecule has 1 spiro atoms. The number of rotatable bonds is 3. The van der Waals surface area contributed by atoms with E-state index in [9.17, 15) is 0 Å². The van der Waals surface area contributed by atoms with E-state index in [2.05, 4.69) is 21.7 Å². The third-order valence-electron chi connectivity index (χ3n) is 5.17. The van der Waals surface area contributed by atoms with Crippen molar-refractivity contribution in [3.8, 4) is 0 Å². The summed E-state index contributed by atoms with van der Waals surface area (Å²) in [5.74, 6) is 6.41. The SMILES string of the molecule is Cc1cc(C(NN)C2CCOC3(CCCC3)C2)c(C)nn1. The Hall–Kier alpha value is -1.04. The minimum Gasteiger partial charge on any atom is -0.375 e. The van der Waals surface area contributed by atoms with Gasteiger partial charge in [0, 0.05) is 6.61 Å². The van der Waals surface area contributed by atoms with E-state index in [0.29, 0.717) is 5.92 Å². The highest BCUT2D eigenvalue weighted by Gasteiger charge is 2.42. The summed E-state index contributed by atoms with van der Waals surface area (Å²) < 4.78 is 6.14. The number of ether oxygens (including phenoxy) is 1. The molecule has 0 bridgehead atoms. The van der Waals surface area contributed by atoms with E-state index in [1.807, 2.05) is 13.8 Å². The van der Waals surface area contributed by atoms with Crippen molar-refractivity contribution in [1.29, 1.82) is 0 Å². The Kier molecular flexibility index (Phi) is 4.24. The molecule has 1 aliphatic heterocycles. The first-order valence-corrected chi connectivity index (χ1v) is 8.04. The van der Waals surface area contributed by atoms with Gasteiger partial charge in [0.05, 0.1) is 23.0 Å². The van der Waals surface area contributed by atoms with Crippen molar-refractivity contribution in [2.75, 3.05) is 6.61 Å². The second kappa shape index (κ2) is 5.99. The standard InChI is InChI=1S/C16H26N4O/c1-11-9-14(12(2)20-19-11)15(18-17)13-5-8-21-16(10-13)6-3-4-7-16/h9,13,15,18H,3-8,10,17H2,1-2H3. The quantitative estimate of drug-likeness (QED) is 0.660. The van der Waals surface area contributed by atoms with Crippen LogP contribution in [0, 0.1) is 19.8 Å². The van der Waals surface area contributed by atoms with Crippen LogP contribution >= 0.6 is 0 Å². The smallest absolute Gasteiger partial charge is 0.0686 e. The van der Waals surface area contributed by atoms with Crippen molar-refractivity contribution in [2.24, 2.45) is 11.8 Å². The van der Waals surface area contributed by atoms with E-state index < -0.39 is 0 Å². The van der Waals surface area contributed by atoms with Gasteiger partial charge in [0.1, 0.15) is 0 Å². The Morgan fingerprint density at radius 2 is 2.10 bits per heavy atom. The predicted molar refractivity (Wildman–Crippen MR) is 81.4 cm³/mol. The molecule has 1 saturated carbocycles. The molecule has 0 aromatic carbocycles. The molecule has 0 radical (unpaired) electrons. The van der Waals surface area contributed by atoms with Crippen molar-refractivity contribution in [1.82, 2.24) is 15.6 Å². The maximum Gasteiger partial charge on any atom is 0.0686 e. The summed E-state index contributed by atoms with van der Waals surface area (Å²) in [6.45, 7) is 4.84. The van der Waals surface area contributed by atoms with Crippen LogP contribution in [0.2, 0.25) is 0 Å². The molecule has 2 atom stereocenters. The lowest BCUT2D eigenvalue weighted by Crippen LogP contribution is -2.43. The second-order valence-electron chi connectivity index (χ2n) is 6.66. The molecule has 0 amide bonds. The van der Waals surface area contributed by atoms with Crippen LogP contribution in [0.1, 0.15) is 61.5 Å². The largest absolute Gasteiger partial charge is 0.375 e. The van der Waals surface area contributed by atoms with Crippen molar-refractivity contribution < 1.29 is 4.74 Å². The second-order valence-corrected chi connectivity index (χ2v) is 6.66. The molecule has 1 aromatic heterocycles. The summed E-state index contributed by atoms with van der Waals surface area (Å²) in [5, 5.41) is 8.38. The summed E-state index contributed by atoms with van der Waals surface area (Å²) in [6, 6.07) is 2.25. The Balaban J connectivity index is 1.84. The number of aryl methyl sites for hydroxylation is 2. The fourth-order valence-corrected chi connectivity index (χ4v) is 4.08. The van der Waals surface area contributed by atoms with E-state index in [1.54, 1.807) is 0 Å². The van der Waals surface area contributed by atoms with Gasteiger partial charge in [-0.1, -0.05) is 12.8 Å². The molecule has 2 fully saturated rings. The molecule has 1 saturated heterocycles. The number of nitrogens with one attached hydrogen (secondary N) is 1. The van der Waals surface area contributed by atoms with E-state index in [4.69, 9.17) is 10.6 Å². The summed E-state index contributed by atoms with van der Waals surface area (Å²) in [7, 11) is 0. The third-order valence-corrected chi connectivity index (χ3v) is 5.17. The fourth-order valence-electron chi connectivity index (χ4n) is 4.08. The van der Waals surface area contributed by atoms with Crippen LogP contribution in [0.3, 0.4) is 0 Å². The number of hydrazine groups is 1. The zero-order valence-electron chi connectivity index (χ0n) is 13.1. The van der Waals surface area contributed by atoms with Crippen molar-refractivity contribution >= 4 is 0 Å². The normalized spacial score (nSPS) is 26.1. The third kappa shape index (κ3) is 2.96. The summed E-state index contributed by atoms with van der Waals surface area (Å²) in [6.07, 6.45) is 7.14. The van der Waals surface area contributed by atoms with E-state index in [1.165, 1.54) is 31.2 Å². The van der Waals surface area contributed by atoms with Crippen LogP contribution in [0.5, 0.6) is 0 Å². The predicted octanol–water partition coefficient (Wildman–Crippen LogP) is 2.34. The molecule has 3 N–H and O–H groups in total. The number of nitrogens with zero attached hydrogens (tertiary/aromatic N) is 2. The Labute approximate surface area is 126 Å². The first kappa shape index (κ1) is 14.9. The molecule has 21 heavy (non-hydrogen) atoms. The summed E-state index contributed by atoms with van der Waals surface area (Å²) in [4.78, 5) is 0. The lowest BCUT2D eigenvalue weighted by molar-refractivity contribution is -0.0982. The molecule has 3 rings (SSSR count). The first-order valence-electron chi connectivity index (χ1n) is 8.04. The fraction of sp³-hybridized carbons (Fsp3) is 0.750. The van der Waals surface area contributed by atoms with E-state index >= 15 is 0 Å². The molecule has 2 unspecified atom stereocenters. The molecular formula is C16H26N4O. The molecule has 5 nitrogen and oxygen atoms in total. The average molecular weight is 290 g/mol. The summed E-state index contributed by atoms with van der Waals surface area (Å²) in [5.41, 5.74) is 6.25. The van der Waals surface area contributed by atoms with Crippen molar-refractivity contribution in [2.45, 2.75) is 64.0 Å². The van der Waals surface area contributed by atoms with Crippen LogP contribution in [0.4, 0.5) is 0 Å². The molecule has 1 aliphatic carbocycles. The minimum atomic E-state index is 0.113. The zero-order chi connectivity index (χ0) is 14.9. The molecule has 2 aliphatic rings. The lowest BCUT2D eigenvalue weighted by atomic mass is 9.78. The van der Waals surface area contributed by atoms with Gasteiger partial charge < -0.3 is 4.74 Å². The van der Waals surface area contributed by atoms with Crippen molar-refractivity contribution in [3.63, 3.8) is 0 Å². The topological polar surface area (TPSA) is 73.1 Å². The molecular weight excluding hydrogens is 264 g/mol. The maximum atomic E-state index is 6.14. The van der Waals surface area contributed by atoms with E-state index in [-0.39, 0.29) is 11.6 Å².